The van der Waals surface area contributed by atoms with Gasteiger partial charge in [0.05, 0.1) is 0 Å². The average Bonchev–Trinajstić information content (AvgIpc) is 1.35. The minimum atomic E-state index is -0.336. The van der Waals surface area contributed by atoms with Gasteiger partial charge in [-0.2, -0.15) is 0 Å². The van der Waals surface area contributed by atoms with E-state index in [0.29, 0.717) is 13.0 Å². The standard InChI is InChI=1S/C3H8N2O.H3N/c4-2-1-3(5)6;/h1-2,4H2,(H2,5,6);1H3. The van der Waals surface area contributed by atoms with Crippen molar-refractivity contribution in [1.29, 1.82) is 0 Å². The Morgan fingerprint density at radius 1 is 1.57 bits per heavy atom. The van der Waals surface area contributed by atoms with Crippen LogP contribution in [0.25, 0.3) is 0 Å². The monoisotopic (exact) mass is 105 g/mol. The van der Waals surface area contributed by atoms with Crippen LogP contribution >= 0.6 is 0 Å². The molecule has 0 aliphatic heterocycles. The van der Waals surface area contributed by atoms with Crippen LogP contribution in [0.1, 0.15) is 6.42 Å². The SMILES string of the molecule is N.NCCC(N)=O. The number of amides is 1. The van der Waals surface area contributed by atoms with Gasteiger partial charge in [0.2, 0.25) is 5.91 Å². The van der Waals surface area contributed by atoms with Gasteiger partial charge in [-0.05, 0) is 0 Å². The molecule has 1 amide bonds. The van der Waals surface area contributed by atoms with E-state index in [-0.39, 0.29) is 12.1 Å². The third-order valence-corrected chi connectivity index (χ3v) is 0.391. The Morgan fingerprint density at radius 2 is 2.00 bits per heavy atom. The largest absolute Gasteiger partial charge is 0.370 e. The molecule has 0 fully saturated rings. The van der Waals surface area contributed by atoms with Gasteiger partial charge in [-0.1, -0.05) is 0 Å². The first-order chi connectivity index (χ1) is 2.77. The molecule has 0 aromatic carbocycles. The van der Waals surface area contributed by atoms with Gasteiger partial charge in [0, 0.05) is 13.0 Å². The topological polar surface area (TPSA) is 104 Å². The molecule has 0 bridgehead atoms. The summed E-state index contributed by atoms with van der Waals surface area (Å²) in [5.74, 6) is -0.336. The molecule has 0 heterocycles. The molecule has 0 aromatic heterocycles. The molecular weight excluding hydrogens is 94.1 g/mol. The van der Waals surface area contributed by atoms with Crippen molar-refractivity contribution in [3.63, 3.8) is 0 Å². The van der Waals surface area contributed by atoms with Crippen molar-refractivity contribution in [3.05, 3.63) is 0 Å². The van der Waals surface area contributed by atoms with E-state index < -0.39 is 0 Å². The van der Waals surface area contributed by atoms with E-state index >= 15 is 0 Å². The highest BCUT2D eigenvalue weighted by molar-refractivity contribution is 5.73. The maximum atomic E-state index is 9.74. The highest BCUT2D eigenvalue weighted by atomic mass is 16.1. The fraction of sp³-hybridized carbons (Fsp3) is 0.667. The van der Waals surface area contributed by atoms with Gasteiger partial charge in [0.1, 0.15) is 0 Å². The molecule has 0 saturated carbocycles. The average molecular weight is 105 g/mol. The predicted molar refractivity (Wildman–Crippen MR) is 27.9 cm³/mol. The molecule has 0 aliphatic carbocycles. The van der Waals surface area contributed by atoms with Crippen LogP contribution in [0.4, 0.5) is 0 Å². The predicted octanol–water partition coefficient (Wildman–Crippen LogP) is -1.02. The van der Waals surface area contributed by atoms with Gasteiger partial charge in [-0.3, -0.25) is 4.79 Å². The van der Waals surface area contributed by atoms with Crippen LogP contribution in [0.3, 0.4) is 0 Å². The lowest BCUT2D eigenvalue weighted by molar-refractivity contribution is -0.117. The van der Waals surface area contributed by atoms with E-state index in [4.69, 9.17) is 5.73 Å². The van der Waals surface area contributed by atoms with Gasteiger partial charge in [-0.15, -0.1) is 0 Å². The third-order valence-electron chi connectivity index (χ3n) is 0.391. The summed E-state index contributed by atoms with van der Waals surface area (Å²) < 4.78 is 0. The van der Waals surface area contributed by atoms with Crippen molar-refractivity contribution in [1.82, 2.24) is 6.15 Å². The Morgan fingerprint density at radius 3 is 2.00 bits per heavy atom. The van der Waals surface area contributed by atoms with Gasteiger partial charge < -0.3 is 17.6 Å². The molecule has 0 radical (unpaired) electrons. The Bertz CT molecular complexity index is 54.1. The molecule has 0 rings (SSSR count). The lowest BCUT2D eigenvalue weighted by Gasteiger charge is -1.82. The second-order valence-electron chi connectivity index (χ2n) is 1.00. The smallest absolute Gasteiger partial charge is 0.218 e. The van der Waals surface area contributed by atoms with Gasteiger partial charge in [0.25, 0.3) is 0 Å². The van der Waals surface area contributed by atoms with E-state index in [2.05, 4.69) is 5.73 Å². The van der Waals surface area contributed by atoms with Gasteiger partial charge in [0.15, 0.2) is 0 Å². The number of nitrogens with two attached hydrogens (primary N) is 2. The summed E-state index contributed by atoms with van der Waals surface area (Å²) in [5, 5.41) is 0. The van der Waals surface area contributed by atoms with E-state index in [0.717, 1.165) is 0 Å². The minimum absolute atomic E-state index is 0. The van der Waals surface area contributed by atoms with Crippen molar-refractivity contribution < 1.29 is 4.79 Å². The number of hydrogen-bond donors (Lipinski definition) is 3. The van der Waals surface area contributed by atoms with Crippen molar-refractivity contribution in [2.75, 3.05) is 6.54 Å². The molecule has 4 nitrogen and oxygen atoms in total. The first-order valence-electron chi connectivity index (χ1n) is 1.75. The lowest BCUT2D eigenvalue weighted by atomic mass is 10.4. The molecule has 0 atom stereocenters. The zero-order chi connectivity index (χ0) is 4.99. The Hall–Kier alpha value is -0.610. The van der Waals surface area contributed by atoms with Crippen molar-refractivity contribution in [3.8, 4) is 0 Å². The fourth-order valence-electron chi connectivity index (χ4n) is 0.142. The zero-order valence-corrected chi connectivity index (χ0v) is 4.18. The van der Waals surface area contributed by atoms with Crippen LogP contribution in [-0.2, 0) is 4.79 Å². The maximum Gasteiger partial charge on any atom is 0.218 e. The van der Waals surface area contributed by atoms with Crippen LogP contribution in [0.5, 0.6) is 0 Å². The van der Waals surface area contributed by atoms with Gasteiger partial charge >= 0.3 is 0 Å². The van der Waals surface area contributed by atoms with E-state index in [9.17, 15) is 4.79 Å². The fourth-order valence-corrected chi connectivity index (χ4v) is 0.142. The second kappa shape index (κ2) is 5.39. The van der Waals surface area contributed by atoms with Crippen LogP contribution < -0.4 is 17.6 Å². The molecule has 7 N–H and O–H groups in total. The maximum absolute atomic E-state index is 9.74. The van der Waals surface area contributed by atoms with Crippen LogP contribution in [0.15, 0.2) is 0 Å². The lowest BCUT2D eigenvalue weighted by Crippen LogP contribution is -2.15. The highest BCUT2D eigenvalue weighted by Crippen LogP contribution is 1.63. The van der Waals surface area contributed by atoms with Gasteiger partial charge in [-0.25, -0.2) is 0 Å². The Labute approximate surface area is 42.4 Å². The summed E-state index contributed by atoms with van der Waals surface area (Å²) in [5.41, 5.74) is 9.61. The van der Waals surface area contributed by atoms with E-state index in [1.54, 1.807) is 0 Å². The summed E-state index contributed by atoms with van der Waals surface area (Å²) in [6.07, 6.45) is 0.292. The van der Waals surface area contributed by atoms with E-state index in [1.807, 2.05) is 0 Å². The number of hydrogen-bond acceptors (Lipinski definition) is 3. The summed E-state index contributed by atoms with van der Waals surface area (Å²) in [4.78, 5) is 9.74. The number of primary amides is 1. The molecule has 0 unspecified atom stereocenters. The quantitative estimate of drug-likeness (QED) is 0.418. The highest BCUT2D eigenvalue weighted by Gasteiger charge is 1.84. The molecule has 4 heteroatoms. The first kappa shape index (κ1) is 9.63. The molecule has 0 spiro atoms. The molecular formula is C3H11N3O. The zero-order valence-electron chi connectivity index (χ0n) is 4.18. The second-order valence-corrected chi connectivity index (χ2v) is 1.00. The van der Waals surface area contributed by atoms with Crippen molar-refractivity contribution in [2.45, 2.75) is 6.42 Å². The molecule has 0 saturated heterocycles. The van der Waals surface area contributed by atoms with Crippen LogP contribution in [0.2, 0.25) is 0 Å². The third kappa shape index (κ3) is 10.8. The Balaban J connectivity index is 0. The summed E-state index contributed by atoms with van der Waals surface area (Å²) in [7, 11) is 0. The van der Waals surface area contributed by atoms with E-state index in [1.165, 1.54) is 0 Å². The summed E-state index contributed by atoms with van der Waals surface area (Å²) >= 11 is 0. The number of carbonyl (C=O) groups excluding carboxylic acids is 1. The Kier molecular flexibility index (Phi) is 7.42. The van der Waals surface area contributed by atoms with Crippen LogP contribution in [-0.4, -0.2) is 12.5 Å². The molecule has 0 aliphatic rings. The number of carbonyl (C=O) groups is 1. The van der Waals surface area contributed by atoms with Crippen molar-refractivity contribution >= 4 is 5.91 Å². The molecule has 7 heavy (non-hydrogen) atoms. The number of rotatable bonds is 2. The summed E-state index contributed by atoms with van der Waals surface area (Å²) in [6.45, 7) is 0.356. The molecule has 0 aromatic rings. The molecule has 44 valence electrons. The minimum Gasteiger partial charge on any atom is -0.370 e. The summed E-state index contributed by atoms with van der Waals surface area (Å²) in [6, 6.07) is 0. The normalized spacial score (nSPS) is 7.00. The van der Waals surface area contributed by atoms with Crippen molar-refractivity contribution in [2.24, 2.45) is 11.5 Å². The first-order valence-corrected chi connectivity index (χ1v) is 1.75. The van der Waals surface area contributed by atoms with Crippen LogP contribution in [0, 0.1) is 0 Å².